The number of carbonyl (C=O) groups is 3. The fourth-order valence-corrected chi connectivity index (χ4v) is 8.58. The van der Waals surface area contributed by atoms with Gasteiger partial charge < -0.3 is 9.47 Å². The number of amides is 2. The molecule has 0 radical (unpaired) electrons. The number of anilines is 1. The highest BCUT2D eigenvalue weighted by atomic mass is 16.5. The zero-order chi connectivity index (χ0) is 33.9. The van der Waals surface area contributed by atoms with Crippen molar-refractivity contribution in [1.29, 1.82) is 5.26 Å². The van der Waals surface area contributed by atoms with Gasteiger partial charge in [-0.2, -0.15) is 5.26 Å². The van der Waals surface area contributed by atoms with Crippen molar-refractivity contribution in [1.82, 2.24) is 0 Å². The molecule has 238 valence electrons. The lowest BCUT2D eigenvalue weighted by molar-refractivity contribution is -0.130. The van der Waals surface area contributed by atoms with Gasteiger partial charge in [-0.15, -0.1) is 0 Å². The van der Waals surface area contributed by atoms with Crippen LogP contribution in [-0.2, 0) is 25.2 Å². The Morgan fingerprint density at radius 1 is 0.571 bits per heavy atom. The molecule has 7 heteroatoms. The number of fused-ring (bicyclic) bond motifs is 5. The maximum atomic E-state index is 16.0. The summed E-state index contributed by atoms with van der Waals surface area (Å²) in [5.41, 5.74) is 1.86. The number of imide groups is 1. The predicted octanol–water partition coefficient (Wildman–Crippen LogP) is 6.76. The number of methoxy groups -OCH3 is 2. The van der Waals surface area contributed by atoms with Crippen LogP contribution in [0.3, 0.4) is 0 Å². The largest absolute Gasteiger partial charge is 0.497 e. The summed E-state index contributed by atoms with van der Waals surface area (Å²) < 4.78 is 11.0. The average molecular weight is 643 g/mol. The second-order valence-corrected chi connectivity index (χ2v) is 12.5. The van der Waals surface area contributed by atoms with Gasteiger partial charge in [-0.1, -0.05) is 84.9 Å². The first kappa shape index (κ1) is 30.1. The SMILES string of the molecule is COc1ccc(C2=C(c3ccc(OC)cc3)[C@@]3(c4ccccc4)C(=O)[C@@]2(c2ccccc2)[C@H]2C(=O)N(c4ccc(C#N)cc4)C(=O)[C@@H]23)cc1. The molecule has 7 nitrogen and oxygen atoms in total. The van der Waals surface area contributed by atoms with Crippen LogP contribution in [0.25, 0.3) is 11.1 Å². The van der Waals surface area contributed by atoms with Gasteiger partial charge in [0, 0.05) is 0 Å². The van der Waals surface area contributed by atoms with Crippen LogP contribution in [-0.4, -0.2) is 31.8 Å². The summed E-state index contributed by atoms with van der Waals surface area (Å²) in [6, 6.07) is 42.4. The molecule has 49 heavy (non-hydrogen) atoms. The van der Waals surface area contributed by atoms with E-state index in [1.54, 1.807) is 38.5 Å². The minimum Gasteiger partial charge on any atom is -0.497 e. The van der Waals surface area contributed by atoms with E-state index in [-0.39, 0.29) is 5.78 Å². The smallest absolute Gasteiger partial charge is 0.239 e. The molecule has 0 unspecified atom stereocenters. The van der Waals surface area contributed by atoms with E-state index < -0.39 is 34.5 Å². The van der Waals surface area contributed by atoms with Crippen LogP contribution in [0.2, 0.25) is 0 Å². The Morgan fingerprint density at radius 2 is 0.980 bits per heavy atom. The zero-order valence-electron chi connectivity index (χ0n) is 26.8. The fourth-order valence-electron chi connectivity index (χ4n) is 8.58. The summed E-state index contributed by atoms with van der Waals surface area (Å²) in [7, 11) is 3.19. The molecule has 0 aromatic heterocycles. The molecule has 0 N–H and O–H groups in total. The molecule has 2 amide bonds. The molecule has 4 atom stereocenters. The molecule has 5 aromatic carbocycles. The molecule has 0 spiro atoms. The van der Waals surface area contributed by atoms with Crippen LogP contribution in [0, 0.1) is 23.2 Å². The number of hydrogen-bond donors (Lipinski definition) is 0. The molecule has 1 saturated carbocycles. The van der Waals surface area contributed by atoms with Crippen molar-refractivity contribution in [3.05, 3.63) is 161 Å². The van der Waals surface area contributed by atoms with Gasteiger partial charge in [0.15, 0.2) is 5.78 Å². The number of nitrogens with zero attached hydrogens (tertiary/aromatic N) is 2. The van der Waals surface area contributed by atoms with Gasteiger partial charge in [0.05, 0.1) is 54.2 Å². The number of carbonyl (C=O) groups excluding carboxylic acids is 3. The van der Waals surface area contributed by atoms with Crippen LogP contribution >= 0.6 is 0 Å². The zero-order valence-corrected chi connectivity index (χ0v) is 26.8. The summed E-state index contributed by atoms with van der Waals surface area (Å²) in [4.78, 5) is 47.4. The van der Waals surface area contributed by atoms with E-state index in [4.69, 9.17) is 9.47 Å². The lowest BCUT2D eigenvalue weighted by atomic mass is 9.59. The number of benzene rings is 5. The third-order valence-corrected chi connectivity index (χ3v) is 10.5. The molecule has 2 aliphatic carbocycles. The Labute approximate surface area is 283 Å². The van der Waals surface area contributed by atoms with Gasteiger partial charge in [0.25, 0.3) is 0 Å². The lowest BCUT2D eigenvalue weighted by Gasteiger charge is -2.39. The number of Topliss-reactive ketones (excluding diaryl/α,β-unsaturated/α-hetero) is 1. The Balaban J connectivity index is 1.53. The second kappa shape index (κ2) is 11.2. The Hall–Kier alpha value is -6.26. The molecule has 1 heterocycles. The number of rotatable bonds is 7. The van der Waals surface area contributed by atoms with E-state index in [2.05, 4.69) is 6.07 Å². The Bertz CT molecular complexity index is 2080. The highest BCUT2D eigenvalue weighted by Gasteiger charge is 2.82. The number of allylic oxidation sites excluding steroid dienone is 2. The van der Waals surface area contributed by atoms with E-state index in [1.807, 2.05) is 109 Å². The van der Waals surface area contributed by atoms with E-state index in [0.29, 0.717) is 45.0 Å². The van der Waals surface area contributed by atoms with Crippen LogP contribution in [0.1, 0.15) is 27.8 Å². The van der Waals surface area contributed by atoms with E-state index in [0.717, 1.165) is 11.1 Å². The first-order chi connectivity index (χ1) is 23.9. The number of hydrogen-bond acceptors (Lipinski definition) is 6. The standard InChI is InChI=1S/C42H30N2O5/c1-48-32-21-15-27(16-22-32)34-35(28-17-23-33(49-2)24-18-28)42(30-11-7-4-8-12-30)37-36(41(34,40(42)47)29-9-5-3-6-10-29)38(45)44(39(37)46)31-19-13-26(25-43)14-20-31/h3-24,36-37H,1-2H3/t36-,37-,41-,42-/m1/s1. The number of ether oxygens (including phenoxy) is 2. The second-order valence-electron chi connectivity index (χ2n) is 12.5. The van der Waals surface area contributed by atoms with Crippen LogP contribution < -0.4 is 14.4 Å². The van der Waals surface area contributed by atoms with Gasteiger partial charge in [0.1, 0.15) is 11.5 Å². The molecule has 8 rings (SSSR count). The van der Waals surface area contributed by atoms with Crippen molar-refractivity contribution in [2.45, 2.75) is 10.8 Å². The minimum absolute atomic E-state index is 0.204. The van der Waals surface area contributed by atoms with Crippen molar-refractivity contribution in [3.63, 3.8) is 0 Å². The fraction of sp³-hybridized carbons (Fsp3) is 0.143. The first-order valence-electron chi connectivity index (χ1n) is 16.0. The van der Waals surface area contributed by atoms with Crippen molar-refractivity contribution < 1.29 is 23.9 Å². The summed E-state index contributed by atoms with van der Waals surface area (Å²) in [5, 5.41) is 9.44. The topological polar surface area (TPSA) is 96.7 Å². The minimum atomic E-state index is -1.53. The summed E-state index contributed by atoms with van der Waals surface area (Å²) in [5.74, 6) is -1.91. The van der Waals surface area contributed by atoms with E-state index in [9.17, 15) is 5.26 Å². The molecule has 5 aromatic rings. The van der Waals surface area contributed by atoms with Crippen LogP contribution in [0.15, 0.2) is 133 Å². The maximum Gasteiger partial charge on any atom is 0.239 e. The molecule has 2 bridgehead atoms. The molecule has 2 fully saturated rings. The van der Waals surface area contributed by atoms with E-state index in [1.165, 1.54) is 4.90 Å². The first-order valence-corrected chi connectivity index (χ1v) is 16.0. The highest BCUT2D eigenvalue weighted by molar-refractivity contribution is 6.39. The van der Waals surface area contributed by atoms with Gasteiger partial charge in [-0.05, 0) is 81.9 Å². The monoisotopic (exact) mass is 642 g/mol. The highest BCUT2D eigenvalue weighted by Crippen LogP contribution is 2.74. The van der Waals surface area contributed by atoms with Crippen molar-refractivity contribution in [2.75, 3.05) is 19.1 Å². The molecular formula is C42H30N2O5. The van der Waals surface area contributed by atoms with Crippen molar-refractivity contribution in [2.24, 2.45) is 11.8 Å². The maximum absolute atomic E-state index is 16.0. The normalized spacial score (nSPS) is 23.9. The molecule has 1 saturated heterocycles. The molecular weight excluding hydrogens is 612 g/mol. The third-order valence-electron chi connectivity index (χ3n) is 10.5. The van der Waals surface area contributed by atoms with Gasteiger partial charge in [-0.3, -0.25) is 14.4 Å². The summed E-state index contributed by atoms with van der Waals surface area (Å²) in [6.45, 7) is 0. The van der Waals surface area contributed by atoms with Crippen LogP contribution in [0.4, 0.5) is 5.69 Å². The summed E-state index contributed by atoms with van der Waals surface area (Å²) in [6.07, 6.45) is 0. The van der Waals surface area contributed by atoms with Crippen molar-refractivity contribution in [3.8, 4) is 17.6 Å². The third kappa shape index (κ3) is 3.92. The van der Waals surface area contributed by atoms with E-state index >= 15 is 14.4 Å². The number of nitriles is 1. The number of ketones is 1. The lowest BCUT2D eigenvalue weighted by Crippen LogP contribution is -2.45. The molecule has 3 aliphatic rings. The quantitative estimate of drug-likeness (QED) is 0.182. The van der Waals surface area contributed by atoms with Crippen molar-refractivity contribution >= 4 is 34.4 Å². The predicted molar refractivity (Wildman–Crippen MR) is 185 cm³/mol. The van der Waals surface area contributed by atoms with Gasteiger partial charge in [-0.25, -0.2) is 4.90 Å². The summed E-state index contributed by atoms with van der Waals surface area (Å²) >= 11 is 0. The average Bonchev–Trinajstić information content (AvgIpc) is 3.67. The molecule has 1 aliphatic heterocycles. The van der Waals surface area contributed by atoms with Gasteiger partial charge >= 0.3 is 0 Å². The Morgan fingerprint density at radius 3 is 1.35 bits per heavy atom. The van der Waals surface area contributed by atoms with Gasteiger partial charge in [0.2, 0.25) is 11.8 Å². The van der Waals surface area contributed by atoms with Crippen LogP contribution in [0.5, 0.6) is 11.5 Å². The Kier molecular flexibility index (Phi) is 6.86.